The molecule has 5 nitrogen and oxygen atoms in total. The topological polar surface area (TPSA) is 66.9 Å². The van der Waals surface area contributed by atoms with E-state index in [-0.39, 0.29) is 5.82 Å². The summed E-state index contributed by atoms with van der Waals surface area (Å²) in [5.41, 5.74) is 9.92. The zero-order valence-electron chi connectivity index (χ0n) is 32.7. The molecule has 2 aromatic carbocycles. The molecule has 51 heavy (non-hydrogen) atoms. The molecule has 2 aliphatic rings. The molecule has 0 aliphatic heterocycles. The summed E-state index contributed by atoms with van der Waals surface area (Å²) in [7, 11) is 0. The lowest BCUT2D eigenvalue weighted by molar-refractivity contribution is -0.109. The molecule has 2 N–H and O–H groups in total. The van der Waals surface area contributed by atoms with E-state index in [1.807, 2.05) is 38.2 Å². The zero-order valence-corrected chi connectivity index (χ0v) is 33.5. The minimum absolute atomic E-state index is 0.229. The summed E-state index contributed by atoms with van der Waals surface area (Å²) >= 11 is 3.53. The first-order chi connectivity index (χ1) is 24.7. The lowest BCUT2D eigenvalue weighted by Crippen LogP contribution is -2.17. The Kier molecular flexibility index (Phi) is 20.2. The number of hydrogen-bond acceptors (Lipinski definition) is 5. The van der Waals surface area contributed by atoms with Gasteiger partial charge in [0, 0.05) is 48.0 Å². The SMILES string of the molecule is C/C=C(\NCCc1cc(C(C)CC)c(C)c(-c2ccc(F)cc2)n1)c1cc(C)c2ncccc2c1.CC.CC1CC1.CS.O=CNCCC1CC1. The van der Waals surface area contributed by atoms with E-state index in [2.05, 4.69) is 100 Å². The summed E-state index contributed by atoms with van der Waals surface area (Å²) in [5.74, 6) is 2.22. The Labute approximate surface area is 313 Å². The Hall–Kier alpha value is -3.71. The van der Waals surface area contributed by atoms with Crippen molar-refractivity contribution in [1.29, 1.82) is 0 Å². The minimum Gasteiger partial charge on any atom is -0.384 e. The molecule has 1 unspecified atom stereocenters. The Bertz CT molecular complexity index is 1630. The number of nitrogens with zero attached hydrogens (tertiary/aromatic N) is 2. The standard InChI is InChI=1S/C31H34FN3.C6H11NO.C4H8.C2H6.CH4S/c1-6-20(3)28-19-27(35-31(22(28)5)23-10-12-26(32)13-11-23)14-16-33-29(7-2)25-17-21(4)30-24(18-25)9-8-15-34-30;8-5-7-4-3-6-1-2-6;1-4-2-3-4;2*1-2/h7-13,15,17-20,33H,6,14,16H2,1-5H3;5-6H,1-4H2,(H,7,8);4H,2-3H2,1H3;1-2H3;2H,1H3/b29-7-;;;;. The van der Waals surface area contributed by atoms with Crippen molar-refractivity contribution in [2.24, 2.45) is 11.8 Å². The van der Waals surface area contributed by atoms with Gasteiger partial charge in [-0.05, 0) is 128 Å². The van der Waals surface area contributed by atoms with Gasteiger partial charge in [0.2, 0.25) is 6.41 Å². The van der Waals surface area contributed by atoms with Crippen molar-refractivity contribution in [3.8, 4) is 11.3 Å². The quantitative estimate of drug-likeness (QED) is 0.0776. The highest BCUT2D eigenvalue weighted by molar-refractivity contribution is 7.79. The van der Waals surface area contributed by atoms with E-state index in [0.29, 0.717) is 5.92 Å². The number of aromatic nitrogens is 2. The van der Waals surface area contributed by atoms with Gasteiger partial charge >= 0.3 is 0 Å². The van der Waals surface area contributed by atoms with Crippen LogP contribution in [0.4, 0.5) is 4.39 Å². The minimum atomic E-state index is -0.229. The number of aryl methyl sites for hydroxylation is 1. The van der Waals surface area contributed by atoms with E-state index in [9.17, 15) is 9.18 Å². The monoisotopic (exact) mass is 714 g/mol. The van der Waals surface area contributed by atoms with E-state index >= 15 is 0 Å². The van der Waals surface area contributed by atoms with Gasteiger partial charge in [-0.1, -0.05) is 72.4 Å². The average Bonchev–Trinajstić information content (AvgIpc) is 4.12. The number of rotatable bonds is 12. The lowest BCUT2D eigenvalue weighted by Gasteiger charge is -2.19. The maximum Gasteiger partial charge on any atom is 0.207 e. The number of allylic oxidation sites excluding steroid dienone is 1. The van der Waals surface area contributed by atoms with Crippen molar-refractivity contribution in [1.82, 2.24) is 20.6 Å². The first-order valence-corrected chi connectivity index (χ1v) is 19.8. The number of halogens is 1. The summed E-state index contributed by atoms with van der Waals surface area (Å²) < 4.78 is 13.5. The van der Waals surface area contributed by atoms with Gasteiger partial charge < -0.3 is 10.6 Å². The Morgan fingerprint density at radius 1 is 1.02 bits per heavy atom. The van der Waals surface area contributed by atoms with E-state index in [1.165, 1.54) is 60.9 Å². The maximum absolute atomic E-state index is 13.5. The molecule has 2 heterocycles. The lowest BCUT2D eigenvalue weighted by atomic mass is 9.91. The van der Waals surface area contributed by atoms with Gasteiger partial charge in [-0.2, -0.15) is 12.6 Å². The van der Waals surface area contributed by atoms with Crippen molar-refractivity contribution in [3.05, 3.63) is 101 Å². The van der Waals surface area contributed by atoms with Gasteiger partial charge in [0.05, 0.1) is 11.2 Å². The third-order valence-corrected chi connectivity index (χ3v) is 9.16. The van der Waals surface area contributed by atoms with Gasteiger partial charge in [0.15, 0.2) is 0 Å². The van der Waals surface area contributed by atoms with Crippen LogP contribution < -0.4 is 10.6 Å². The summed E-state index contributed by atoms with van der Waals surface area (Å²) in [6.07, 6.45) is 15.2. The highest BCUT2D eigenvalue weighted by Crippen LogP contribution is 2.32. The number of pyridine rings is 2. The summed E-state index contributed by atoms with van der Waals surface area (Å²) in [4.78, 5) is 19.2. The number of benzene rings is 2. The molecule has 2 aromatic heterocycles. The van der Waals surface area contributed by atoms with Crippen molar-refractivity contribution in [3.63, 3.8) is 0 Å². The van der Waals surface area contributed by atoms with Gasteiger partial charge in [0.1, 0.15) is 5.82 Å². The summed E-state index contributed by atoms with van der Waals surface area (Å²) in [6.45, 7) is 18.7. The fourth-order valence-corrected chi connectivity index (χ4v) is 5.58. The highest BCUT2D eigenvalue weighted by Gasteiger charge is 2.20. The fraction of sp³-hybridized carbons (Fsp3) is 0.477. The normalized spacial score (nSPS) is 13.8. The van der Waals surface area contributed by atoms with Crippen LogP contribution in [0.3, 0.4) is 0 Å². The molecule has 0 radical (unpaired) electrons. The largest absolute Gasteiger partial charge is 0.384 e. The molecule has 7 heteroatoms. The second-order valence-corrected chi connectivity index (χ2v) is 13.2. The first-order valence-electron chi connectivity index (χ1n) is 18.9. The van der Waals surface area contributed by atoms with Crippen LogP contribution in [-0.4, -0.2) is 35.7 Å². The number of carbonyl (C=O) groups excluding carboxylic acids is 1. The van der Waals surface area contributed by atoms with Crippen molar-refractivity contribution in [2.45, 2.75) is 106 Å². The summed E-state index contributed by atoms with van der Waals surface area (Å²) in [6, 6.07) is 17.4. The Morgan fingerprint density at radius 3 is 2.25 bits per heavy atom. The van der Waals surface area contributed by atoms with Crippen LogP contribution in [0.25, 0.3) is 27.9 Å². The zero-order chi connectivity index (χ0) is 37.8. The van der Waals surface area contributed by atoms with Crippen molar-refractivity contribution < 1.29 is 9.18 Å². The predicted octanol–water partition coefficient (Wildman–Crippen LogP) is 11.3. The molecular formula is C44H63FN4OS. The third-order valence-electron chi connectivity index (χ3n) is 9.16. The Morgan fingerprint density at radius 2 is 1.69 bits per heavy atom. The summed E-state index contributed by atoms with van der Waals surface area (Å²) in [5, 5.41) is 7.40. The molecule has 278 valence electrons. The van der Waals surface area contributed by atoms with Crippen LogP contribution in [0, 0.1) is 31.5 Å². The van der Waals surface area contributed by atoms with Crippen LogP contribution in [0.2, 0.25) is 0 Å². The van der Waals surface area contributed by atoms with E-state index < -0.39 is 0 Å². The molecule has 0 saturated heterocycles. The molecule has 2 saturated carbocycles. The van der Waals surface area contributed by atoms with Crippen LogP contribution in [0.5, 0.6) is 0 Å². The molecule has 4 aromatic rings. The highest BCUT2D eigenvalue weighted by atomic mass is 32.1. The molecule has 6 rings (SSSR count). The van der Waals surface area contributed by atoms with E-state index in [1.54, 1.807) is 6.26 Å². The maximum atomic E-state index is 13.5. The van der Waals surface area contributed by atoms with Gasteiger partial charge in [-0.25, -0.2) is 4.39 Å². The number of carbonyl (C=O) groups is 1. The molecule has 2 aliphatic carbocycles. The second kappa shape index (κ2) is 23.7. The van der Waals surface area contributed by atoms with Gasteiger partial charge in [-0.3, -0.25) is 14.8 Å². The number of thiol groups is 1. The van der Waals surface area contributed by atoms with E-state index in [4.69, 9.17) is 4.98 Å². The number of fused-ring (bicyclic) bond motifs is 1. The molecule has 1 amide bonds. The molecule has 0 spiro atoms. The van der Waals surface area contributed by atoms with Crippen molar-refractivity contribution in [2.75, 3.05) is 19.3 Å². The molecule has 2 fully saturated rings. The third kappa shape index (κ3) is 14.8. The second-order valence-electron chi connectivity index (χ2n) is 13.2. The first kappa shape index (κ1) is 43.5. The van der Waals surface area contributed by atoms with Crippen LogP contribution >= 0.6 is 12.6 Å². The van der Waals surface area contributed by atoms with Crippen LogP contribution in [0.1, 0.15) is 114 Å². The fourth-order valence-electron chi connectivity index (χ4n) is 5.58. The smallest absolute Gasteiger partial charge is 0.207 e. The van der Waals surface area contributed by atoms with Gasteiger partial charge in [0.25, 0.3) is 0 Å². The number of amides is 1. The van der Waals surface area contributed by atoms with Gasteiger partial charge in [-0.15, -0.1) is 0 Å². The number of nitrogens with one attached hydrogen (secondary N) is 2. The molecular weight excluding hydrogens is 652 g/mol. The molecule has 1 atom stereocenters. The number of hydrogen-bond donors (Lipinski definition) is 3. The van der Waals surface area contributed by atoms with Crippen molar-refractivity contribution >= 4 is 35.6 Å². The molecule has 0 bridgehead atoms. The van der Waals surface area contributed by atoms with Crippen LogP contribution in [-0.2, 0) is 11.2 Å². The Balaban J connectivity index is 0.000000466. The predicted molar refractivity (Wildman–Crippen MR) is 221 cm³/mol. The van der Waals surface area contributed by atoms with Crippen LogP contribution in [0.15, 0.2) is 66.9 Å². The average molecular weight is 715 g/mol. The van der Waals surface area contributed by atoms with E-state index in [0.717, 1.165) is 83.3 Å².